The molecule has 1 aromatic carbocycles. The number of alkyl carbamates (subject to hydrolysis) is 1. The van der Waals surface area contributed by atoms with Gasteiger partial charge in [-0.3, -0.25) is 9.59 Å². The van der Waals surface area contributed by atoms with Crippen molar-refractivity contribution in [1.29, 1.82) is 0 Å². The molecule has 0 radical (unpaired) electrons. The molecule has 0 saturated heterocycles. The lowest BCUT2D eigenvalue weighted by Gasteiger charge is -2.12. The van der Waals surface area contributed by atoms with Gasteiger partial charge in [0.15, 0.2) is 5.78 Å². The highest BCUT2D eigenvalue weighted by molar-refractivity contribution is 6.00. The summed E-state index contributed by atoms with van der Waals surface area (Å²) in [4.78, 5) is 37.7. The van der Waals surface area contributed by atoms with E-state index in [-0.39, 0.29) is 12.2 Å². The molecule has 6 heteroatoms. The second-order valence-electron chi connectivity index (χ2n) is 4.70. The molecule has 2 aromatic rings. The number of nitrogens with one attached hydrogen (secondary N) is 2. The Morgan fingerprint density at radius 1 is 1.18 bits per heavy atom. The minimum Gasteiger partial charge on any atom is -0.445 e. The monoisotopic (exact) mass is 300 g/mol. The summed E-state index contributed by atoms with van der Waals surface area (Å²) in [5.74, 6) is -0.474. The Kier molecular flexibility index (Phi) is 5.08. The number of ketones is 1. The Morgan fingerprint density at radius 2 is 1.91 bits per heavy atom. The van der Waals surface area contributed by atoms with E-state index < -0.39 is 23.5 Å². The van der Waals surface area contributed by atoms with Crippen molar-refractivity contribution < 1.29 is 14.3 Å². The first-order chi connectivity index (χ1) is 10.6. The van der Waals surface area contributed by atoms with Crippen molar-refractivity contribution in [3.05, 3.63) is 70.1 Å². The van der Waals surface area contributed by atoms with Gasteiger partial charge in [-0.2, -0.15) is 0 Å². The summed E-state index contributed by atoms with van der Waals surface area (Å²) in [6.45, 7) is 1.61. The van der Waals surface area contributed by atoms with E-state index in [9.17, 15) is 14.4 Å². The van der Waals surface area contributed by atoms with Crippen LogP contribution < -0.4 is 10.9 Å². The number of benzene rings is 1. The number of ether oxygens (including phenoxy) is 1. The lowest BCUT2D eigenvalue weighted by molar-refractivity contribution is 0.0925. The van der Waals surface area contributed by atoms with E-state index in [1.165, 1.54) is 19.2 Å². The number of hydrogen-bond acceptors (Lipinski definition) is 4. The van der Waals surface area contributed by atoms with Gasteiger partial charge < -0.3 is 15.0 Å². The number of pyridine rings is 1. The maximum Gasteiger partial charge on any atom is 0.408 e. The third-order valence-corrected chi connectivity index (χ3v) is 3.02. The maximum absolute atomic E-state index is 12.1. The van der Waals surface area contributed by atoms with Crippen LogP contribution in [0.4, 0.5) is 4.79 Å². The van der Waals surface area contributed by atoms with Gasteiger partial charge in [0.25, 0.3) is 5.56 Å². The molecule has 0 bridgehead atoms. The van der Waals surface area contributed by atoms with Crippen molar-refractivity contribution >= 4 is 11.9 Å². The Morgan fingerprint density at radius 3 is 2.59 bits per heavy atom. The minimum atomic E-state index is -0.855. The lowest BCUT2D eigenvalue weighted by Crippen LogP contribution is -2.40. The molecule has 1 amide bonds. The quantitative estimate of drug-likeness (QED) is 0.825. The molecule has 2 rings (SSSR count). The fourth-order valence-corrected chi connectivity index (χ4v) is 1.86. The van der Waals surface area contributed by atoms with Crippen LogP contribution in [0, 0.1) is 0 Å². The first-order valence-corrected chi connectivity index (χ1v) is 6.77. The summed E-state index contributed by atoms with van der Waals surface area (Å²) in [5.41, 5.74) is 0.355. The van der Waals surface area contributed by atoms with E-state index in [4.69, 9.17) is 4.74 Å². The summed E-state index contributed by atoms with van der Waals surface area (Å²) < 4.78 is 5.03. The Balaban J connectivity index is 1.90. The predicted molar refractivity (Wildman–Crippen MR) is 80.6 cm³/mol. The van der Waals surface area contributed by atoms with Gasteiger partial charge in [-0.15, -0.1) is 0 Å². The standard InChI is InChI=1S/C16H16N2O4/c1-11(14(19)13-8-5-9-17-15(13)20)18-16(21)22-10-12-6-3-2-4-7-12/h2-9,11H,10H2,1H3,(H,17,20)(H,18,21)/t11-/m1/s1. The Bertz CT molecular complexity index is 709. The second-order valence-corrected chi connectivity index (χ2v) is 4.70. The number of rotatable bonds is 5. The zero-order valence-electron chi connectivity index (χ0n) is 12.0. The molecule has 0 aliphatic carbocycles. The summed E-state index contributed by atoms with van der Waals surface area (Å²) in [6.07, 6.45) is 0.725. The van der Waals surface area contributed by atoms with E-state index in [0.717, 1.165) is 5.56 Å². The summed E-state index contributed by atoms with van der Waals surface area (Å²) in [6, 6.07) is 11.3. The normalized spacial score (nSPS) is 11.5. The van der Waals surface area contributed by atoms with Crippen molar-refractivity contribution in [3.63, 3.8) is 0 Å². The molecule has 0 spiro atoms. The van der Waals surface area contributed by atoms with Gasteiger partial charge in [0, 0.05) is 6.20 Å². The predicted octanol–water partition coefficient (Wildman–Crippen LogP) is 1.87. The number of amides is 1. The molecule has 1 heterocycles. The van der Waals surface area contributed by atoms with Crippen LogP contribution in [0.15, 0.2) is 53.5 Å². The summed E-state index contributed by atoms with van der Waals surface area (Å²) in [5, 5.41) is 2.41. The molecule has 0 aliphatic heterocycles. The van der Waals surface area contributed by atoms with Gasteiger partial charge in [0.1, 0.15) is 6.61 Å². The van der Waals surface area contributed by atoms with Gasteiger partial charge >= 0.3 is 6.09 Å². The van der Waals surface area contributed by atoms with Crippen molar-refractivity contribution in [3.8, 4) is 0 Å². The van der Waals surface area contributed by atoms with Gasteiger partial charge in [-0.1, -0.05) is 30.3 Å². The number of H-pyrrole nitrogens is 1. The number of carbonyl (C=O) groups excluding carboxylic acids is 2. The van der Waals surface area contributed by atoms with Crippen LogP contribution in [0.1, 0.15) is 22.8 Å². The third-order valence-electron chi connectivity index (χ3n) is 3.02. The van der Waals surface area contributed by atoms with Crippen LogP contribution in [0.2, 0.25) is 0 Å². The molecular weight excluding hydrogens is 284 g/mol. The maximum atomic E-state index is 12.1. The number of Topliss-reactive ketones (excluding diaryl/α,β-unsaturated/α-hetero) is 1. The first-order valence-electron chi connectivity index (χ1n) is 6.77. The Hall–Kier alpha value is -2.89. The summed E-state index contributed by atoms with van der Waals surface area (Å²) in [7, 11) is 0. The Labute approximate surface area is 127 Å². The zero-order valence-corrected chi connectivity index (χ0v) is 12.0. The highest BCUT2D eigenvalue weighted by Crippen LogP contribution is 2.02. The molecule has 0 saturated carbocycles. The van der Waals surface area contributed by atoms with E-state index in [1.807, 2.05) is 30.3 Å². The average molecular weight is 300 g/mol. The van der Waals surface area contributed by atoms with E-state index >= 15 is 0 Å². The number of hydrogen-bond donors (Lipinski definition) is 2. The number of aromatic amines is 1. The highest BCUT2D eigenvalue weighted by atomic mass is 16.5. The largest absolute Gasteiger partial charge is 0.445 e. The van der Waals surface area contributed by atoms with Crippen molar-refractivity contribution in [2.24, 2.45) is 0 Å². The summed E-state index contributed by atoms with van der Waals surface area (Å²) >= 11 is 0. The topological polar surface area (TPSA) is 88.3 Å². The van der Waals surface area contributed by atoms with Crippen molar-refractivity contribution in [1.82, 2.24) is 10.3 Å². The highest BCUT2D eigenvalue weighted by Gasteiger charge is 2.20. The lowest BCUT2D eigenvalue weighted by atomic mass is 10.1. The van der Waals surface area contributed by atoms with E-state index in [1.54, 1.807) is 6.07 Å². The molecule has 0 aliphatic rings. The second kappa shape index (κ2) is 7.21. The molecule has 1 aromatic heterocycles. The van der Waals surface area contributed by atoms with E-state index in [0.29, 0.717) is 0 Å². The van der Waals surface area contributed by atoms with Crippen LogP contribution in [-0.2, 0) is 11.3 Å². The first kappa shape index (κ1) is 15.5. The van der Waals surface area contributed by atoms with E-state index in [2.05, 4.69) is 10.3 Å². The molecular formula is C16H16N2O4. The molecule has 2 N–H and O–H groups in total. The van der Waals surface area contributed by atoms with Crippen molar-refractivity contribution in [2.75, 3.05) is 0 Å². The van der Waals surface area contributed by atoms with Crippen LogP contribution in [0.25, 0.3) is 0 Å². The molecule has 1 atom stereocenters. The molecule has 0 fully saturated rings. The van der Waals surface area contributed by atoms with Crippen molar-refractivity contribution in [2.45, 2.75) is 19.6 Å². The fourth-order valence-electron chi connectivity index (χ4n) is 1.86. The zero-order chi connectivity index (χ0) is 15.9. The van der Waals surface area contributed by atoms with Gasteiger partial charge in [-0.05, 0) is 24.6 Å². The van der Waals surface area contributed by atoms with Gasteiger partial charge in [0.05, 0.1) is 11.6 Å². The molecule has 22 heavy (non-hydrogen) atoms. The SMILES string of the molecule is C[C@@H](NC(=O)OCc1ccccc1)C(=O)c1ccc[nH]c1=O. The minimum absolute atomic E-state index is 0.00152. The third kappa shape index (κ3) is 4.05. The van der Waals surface area contributed by atoms with Gasteiger partial charge in [0.2, 0.25) is 0 Å². The molecule has 114 valence electrons. The number of carbonyl (C=O) groups is 2. The van der Waals surface area contributed by atoms with Crippen LogP contribution in [0.3, 0.4) is 0 Å². The van der Waals surface area contributed by atoms with Crippen LogP contribution in [-0.4, -0.2) is 22.9 Å². The van der Waals surface area contributed by atoms with Crippen LogP contribution >= 0.6 is 0 Å². The fraction of sp³-hybridized carbons (Fsp3) is 0.188. The van der Waals surface area contributed by atoms with Crippen LogP contribution in [0.5, 0.6) is 0 Å². The smallest absolute Gasteiger partial charge is 0.408 e. The molecule has 6 nitrogen and oxygen atoms in total. The number of aromatic nitrogens is 1. The average Bonchev–Trinajstić information content (AvgIpc) is 2.53. The van der Waals surface area contributed by atoms with Gasteiger partial charge in [-0.25, -0.2) is 4.79 Å². The molecule has 0 unspecified atom stereocenters.